The molecule has 0 aliphatic carbocycles. The summed E-state index contributed by atoms with van der Waals surface area (Å²) in [6.45, 7) is 3.86. The van der Waals surface area contributed by atoms with Crippen LogP contribution in [0.15, 0.2) is 24.3 Å². The van der Waals surface area contributed by atoms with Crippen LogP contribution in [0.1, 0.15) is 37.4 Å². The molecule has 0 radical (unpaired) electrons. The number of aliphatic carboxylic acids is 1. The first-order valence-electron chi connectivity index (χ1n) is 5.50. The third-order valence-corrected chi connectivity index (χ3v) is 2.91. The Labute approximate surface area is 101 Å². The first kappa shape index (κ1) is 13.7. The monoisotopic (exact) mass is 237 g/mol. The second-order valence-electron chi connectivity index (χ2n) is 4.51. The van der Waals surface area contributed by atoms with Crippen molar-refractivity contribution in [3.8, 4) is 0 Å². The second kappa shape index (κ2) is 5.29. The maximum atomic E-state index is 10.7. The molecule has 4 heteroatoms. The predicted octanol–water partition coefficient (Wildman–Crippen LogP) is 2.04. The molecule has 0 bridgehead atoms. The van der Waals surface area contributed by atoms with Gasteiger partial charge in [0.05, 0.1) is 12.0 Å². The van der Waals surface area contributed by atoms with Gasteiger partial charge in [0.25, 0.3) is 0 Å². The number of nitrogens with two attached hydrogens (primary N) is 1. The normalized spacial score (nSPS) is 13.4. The van der Waals surface area contributed by atoms with E-state index in [1.807, 2.05) is 38.1 Å². The largest absolute Gasteiger partial charge is 0.481 e. The van der Waals surface area contributed by atoms with Gasteiger partial charge in [0, 0.05) is 13.2 Å². The number of rotatable bonds is 5. The lowest BCUT2D eigenvalue weighted by Crippen LogP contribution is -2.25. The van der Waals surface area contributed by atoms with Crippen molar-refractivity contribution in [2.45, 2.75) is 31.9 Å². The number of hydrogen-bond acceptors (Lipinski definition) is 3. The van der Waals surface area contributed by atoms with E-state index in [0.29, 0.717) is 0 Å². The quantitative estimate of drug-likeness (QED) is 0.822. The van der Waals surface area contributed by atoms with Crippen molar-refractivity contribution in [2.24, 2.45) is 5.73 Å². The van der Waals surface area contributed by atoms with Crippen molar-refractivity contribution >= 4 is 5.97 Å². The molecule has 0 spiro atoms. The van der Waals surface area contributed by atoms with Crippen LogP contribution in [-0.4, -0.2) is 18.2 Å². The standard InChI is InChI=1S/C13H19NO3/c1-13(2,17-3)10-7-5-4-6-9(10)11(14)8-12(15)16/h4-7,11H,8,14H2,1-3H3,(H,15,16). The van der Waals surface area contributed by atoms with E-state index in [0.717, 1.165) is 11.1 Å². The molecule has 94 valence electrons. The summed E-state index contributed by atoms with van der Waals surface area (Å²) in [4.78, 5) is 10.7. The maximum Gasteiger partial charge on any atom is 0.305 e. The highest BCUT2D eigenvalue weighted by Crippen LogP contribution is 2.30. The van der Waals surface area contributed by atoms with Crippen LogP contribution in [0.3, 0.4) is 0 Å². The first-order valence-corrected chi connectivity index (χ1v) is 5.50. The van der Waals surface area contributed by atoms with E-state index in [2.05, 4.69) is 0 Å². The molecule has 1 aromatic rings. The van der Waals surface area contributed by atoms with Gasteiger partial charge in [-0.25, -0.2) is 0 Å². The highest BCUT2D eigenvalue weighted by molar-refractivity contribution is 5.68. The van der Waals surface area contributed by atoms with Crippen molar-refractivity contribution in [2.75, 3.05) is 7.11 Å². The zero-order valence-electron chi connectivity index (χ0n) is 10.4. The first-order chi connectivity index (χ1) is 7.88. The minimum absolute atomic E-state index is 0.0865. The van der Waals surface area contributed by atoms with E-state index in [4.69, 9.17) is 15.6 Å². The summed E-state index contributed by atoms with van der Waals surface area (Å²) >= 11 is 0. The number of carboxylic acids is 1. The molecule has 17 heavy (non-hydrogen) atoms. The molecule has 0 amide bonds. The van der Waals surface area contributed by atoms with Crippen LogP contribution < -0.4 is 5.73 Å². The molecular formula is C13H19NO3. The van der Waals surface area contributed by atoms with Crippen molar-refractivity contribution < 1.29 is 14.6 Å². The van der Waals surface area contributed by atoms with E-state index in [-0.39, 0.29) is 6.42 Å². The van der Waals surface area contributed by atoms with Gasteiger partial charge in [0.1, 0.15) is 0 Å². The third kappa shape index (κ3) is 3.28. The lowest BCUT2D eigenvalue weighted by atomic mass is 9.89. The van der Waals surface area contributed by atoms with Gasteiger partial charge >= 0.3 is 5.97 Å². The number of hydrogen-bond donors (Lipinski definition) is 2. The number of carbonyl (C=O) groups is 1. The molecule has 1 rings (SSSR count). The molecule has 1 aromatic carbocycles. The Morgan fingerprint density at radius 2 is 2.06 bits per heavy atom. The summed E-state index contributed by atoms with van der Waals surface area (Å²) in [5, 5.41) is 8.78. The Morgan fingerprint density at radius 3 is 2.59 bits per heavy atom. The molecule has 1 atom stereocenters. The van der Waals surface area contributed by atoms with Gasteiger partial charge in [-0.2, -0.15) is 0 Å². The van der Waals surface area contributed by atoms with Crippen LogP contribution in [0.2, 0.25) is 0 Å². The zero-order valence-corrected chi connectivity index (χ0v) is 10.4. The maximum absolute atomic E-state index is 10.7. The fraction of sp³-hybridized carbons (Fsp3) is 0.462. The molecule has 0 saturated carbocycles. The Kier molecular flexibility index (Phi) is 4.26. The number of carboxylic acid groups (broad SMARTS) is 1. The molecule has 0 fully saturated rings. The lowest BCUT2D eigenvalue weighted by molar-refractivity contribution is -0.137. The molecule has 0 aliphatic rings. The topological polar surface area (TPSA) is 72.5 Å². The minimum Gasteiger partial charge on any atom is -0.481 e. The van der Waals surface area contributed by atoms with Gasteiger partial charge in [-0.05, 0) is 25.0 Å². The summed E-state index contributed by atoms with van der Waals surface area (Å²) in [7, 11) is 1.62. The van der Waals surface area contributed by atoms with Crippen LogP contribution in [-0.2, 0) is 15.1 Å². The summed E-state index contributed by atoms with van der Waals surface area (Å²) in [5.74, 6) is -0.900. The van der Waals surface area contributed by atoms with Gasteiger partial charge < -0.3 is 15.6 Å². The van der Waals surface area contributed by atoms with Crippen molar-refractivity contribution in [1.29, 1.82) is 0 Å². The van der Waals surface area contributed by atoms with Gasteiger partial charge in [-0.1, -0.05) is 24.3 Å². The molecule has 0 heterocycles. The average molecular weight is 237 g/mol. The molecule has 3 N–H and O–H groups in total. The van der Waals surface area contributed by atoms with E-state index >= 15 is 0 Å². The minimum atomic E-state index is -0.900. The molecule has 0 saturated heterocycles. The molecule has 0 aliphatic heterocycles. The van der Waals surface area contributed by atoms with Gasteiger partial charge in [-0.15, -0.1) is 0 Å². The van der Waals surface area contributed by atoms with E-state index in [1.54, 1.807) is 7.11 Å². The summed E-state index contributed by atoms with van der Waals surface area (Å²) in [6.07, 6.45) is -0.0865. The smallest absolute Gasteiger partial charge is 0.305 e. The summed E-state index contributed by atoms with van der Waals surface area (Å²) < 4.78 is 5.42. The van der Waals surface area contributed by atoms with Crippen molar-refractivity contribution in [1.82, 2.24) is 0 Å². The van der Waals surface area contributed by atoms with E-state index in [9.17, 15) is 4.79 Å². The Balaban J connectivity index is 3.12. The zero-order chi connectivity index (χ0) is 13.1. The summed E-state index contributed by atoms with van der Waals surface area (Å²) in [6, 6.07) is 7.00. The van der Waals surface area contributed by atoms with Crippen LogP contribution in [0.5, 0.6) is 0 Å². The molecular weight excluding hydrogens is 218 g/mol. The van der Waals surface area contributed by atoms with Crippen LogP contribution in [0.4, 0.5) is 0 Å². The second-order valence-corrected chi connectivity index (χ2v) is 4.51. The van der Waals surface area contributed by atoms with Gasteiger partial charge in [-0.3, -0.25) is 4.79 Å². The highest BCUT2D eigenvalue weighted by Gasteiger charge is 2.25. The Morgan fingerprint density at radius 1 is 1.47 bits per heavy atom. The fourth-order valence-electron chi connectivity index (χ4n) is 1.78. The van der Waals surface area contributed by atoms with Gasteiger partial charge in [0.2, 0.25) is 0 Å². The SMILES string of the molecule is COC(C)(C)c1ccccc1C(N)CC(=O)O. The predicted molar refractivity (Wildman–Crippen MR) is 65.7 cm³/mol. The summed E-state index contributed by atoms with van der Waals surface area (Å²) in [5.41, 5.74) is 7.18. The van der Waals surface area contributed by atoms with Crippen molar-refractivity contribution in [3.63, 3.8) is 0 Å². The number of ether oxygens (including phenoxy) is 1. The average Bonchev–Trinajstić information content (AvgIpc) is 2.28. The van der Waals surface area contributed by atoms with E-state index < -0.39 is 17.6 Å². The lowest BCUT2D eigenvalue weighted by Gasteiger charge is -2.28. The highest BCUT2D eigenvalue weighted by atomic mass is 16.5. The van der Waals surface area contributed by atoms with Crippen molar-refractivity contribution in [3.05, 3.63) is 35.4 Å². The third-order valence-electron chi connectivity index (χ3n) is 2.91. The van der Waals surface area contributed by atoms with Crippen LogP contribution >= 0.6 is 0 Å². The number of methoxy groups -OCH3 is 1. The number of benzene rings is 1. The van der Waals surface area contributed by atoms with Crippen LogP contribution in [0.25, 0.3) is 0 Å². The van der Waals surface area contributed by atoms with E-state index in [1.165, 1.54) is 0 Å². The Bertz CT molecular complexity index is 401. The van der Waals surface area contributed by atoms with Crippen LogP contribution in [0, 0.1) is 0 Å². The molecule has 0 aromatic heterocycles. The molecule has 4 nitrogen and oxygen atoms in total. The fourth-order valence-corrected chi connectivity index (χ4v) is 1.78. The van der Waals surface area contributed by atoms with Gasteiger partial charge in [0.15, 0.2) is 0 Å². The molecule has 1 unspecified atom stereocenters. The Hall–Kier alpha value is -1.39.